The second-order valence-electron chi connectivity index (χ2n) is 5.77. The van der Waals surface area contributed by atoms with Crippen molar-refractivity contribution in [1.82, 2.24) is 4.90 Å². The van der Waals surface area contributed by atoms with Crippen molar-refractivity contribution in [2.24, 2.45) is 0 Å². The van der Waals surface area contributed by atoms with Gasteiger partial charge in [0.15, 0.2) is 0 Å². The molecule has 0 radical (unpaired) electrons. The third kappa shape index (κ3) is 2.08. The highest BCUT2D eigenvalue weighted by atomic mass is 32.1. The lowest BCUT2D eigenvalue weighted by Crippen LogP contribution is -2.32. The average Bonchev–Trinajstić information content (AvgIpc) is 2.85. The van der Waals surface area contributed by atoms with Crippen molar-refractivity contribution in [3.8, 4) is 0 Å². The molecule has 2 nitrogen and oxygen atoms in total. The summed E-state index contributed by atoms with van der Waals surface area (Å²) in [5.41, 5.74) is 2.68. The Hall–Kier alpha value is -2.52. The van der Waals surface area contributed by atoms with Crippen molar-refractivity contribution in [2.75, 3.05) is 0 Å². The Morgan fingerprint density at radius 3 is 2.30 bits per heavy atom. The largest absolute Gasteiger partial charge is 0.291 e. The fourth-order valence-corrected chi connectivity index (χ4v) is 3.73. The van der Waals surface area contributed by atoms with Crippen LogP contribution in [0.4, 0.5) is 0 Å². The Morgan fingerprint density at radius 2 is 1.52 bits per heavy atom. The van der Waals surface area contributed by atoms with Crippen LogP contribution in [0.1, 0.15) is 34.5 Å². The monoisotopic (exact) mass is 317 g/mol. The van der Waals surface area contributed by atoms with E-state index in [2.05, 4.69) is 24.3 Å². The summed E-state index contributed by atoms with van der Waals surface area (Å²) in [6.07, 6.45) is 0. The van der Waals surface area contributed by atoms with E-state index < -0.39 is 0 Å². The van der Waals surface area contributed by atoms with Gasteiger partial charge >= 0.3 is 0 Å². The first-order valence-corrected chi connectivity index (χ1v) is 8.04. The normalized spacial score (nSPS) is 15.1. The van der Waals surface area contributed by atoms with E-state index in [0.717, 1.165) is 16.5 Å². The molecule has 3 aromatic carbocycles. The Labute approximate surface area is 140 Å². The lowest BCUT2D eigenvalue weighted by molar-refractivity contribution is 0.0827. The first-order chi connectivity index (χ1) is 11.2. The second-order valence-corrected chi connectivity index (χ2v) is 6.16. The molecule has 0 spiro atoms. The molecule has 0 saturated heterocycles. The van der Waals surface area contributed by atoms with Crippen LogP contribution < -0.4 is 0 Å². The van der Waals surface area contributed by atoms with Gasteiger partial charge in [-0.2, -0.15) is 0 Å². The van der Waals surface area contributed by atoms with Gasteiger partial charge in [0.1, 0.15) is 4.99 Å². The van der Waals surface area contributed by atoms with Crippen molar-refractivity contribution in [2.45, 2.75) is 13.0 Å². The first-order valence-electron chi connectivity index (χ1n) is 7.63. The number of thiocarbonyl (C=S) groups is 1. The molecule has 1 aliphatic heterocycles. The van der Waals surface area contributed by atoms with Gasteiger partial charge in [-0.25, -0.2) is 0 Å². The number of benzene rings is 3. The molecule has 4 rings (SSSR count). The van der Waals surface area contributed by atoms with E-state index in [1.54, 1.807) is 4.90 Å². The molecule has 0 aromatic heterocycles. The van der Waals surface area contributed by atoms with E-state index in [9.17, 15) is 4.79 Å². The standard InChI is InChI=1S/C20H15NOS/c1-13(15-12-6-8-14-7-2-3-9-16(14)15)21-19(22)17-10-4-5-11-18(17)20(21)23/h2-13H,1H3. The molecule has 0 aliphatic carbocycles. The number of hydrogen-bond donors (Lipinski definition) is 0. The molecule has 1 atom stereocenters. The quantitative estimate of drug-likeness (QED) is 0.637. The predicted octanol–water partition coefficient (Wildman–Crippen LogP) is 4.73. The van der Waals surface area contributed by atoms with Crippen molar-refractivity contribution in [1.29, 1.82) is 0 Å². The van der Waals surface area contributed by atoms with Crippen molar-refractivity contribution in [3.63, 3.8) is 0 Å². The fraction of sp³-hybridized carbons (Fsp3) is 0.100. The van der Waals surface area contributed by atoms with E-state index >= 15 is 0 Å². The molecule has 1 aliphatic rings. The van der Waals surface area contributed by atoms with Gasteiger partial charge in [0.05, 0.1) is 11.6 Å². The highest BCUT2D eigenvalue weighted by molar-refractivity contribution is 7.80. The summed E-state index contributed by atoms with van der Waals surface area (Å²) < 4.78 is 0. The van der Waals surface area contributed by atoms with E-state index in [-0.39, 0.29) is 11.9 Å². The molecule has 0 bridgehead atoms. The van der Waals surface area contributed by atoms with Gasteiger partial charge in [-0.3, -0.25) is 9.69 Å². The molecule has 0 N–H and O–H groups in total. The van der Waals surface area contributed by atoms with Gasteiger partial charge in [0.2, 0.25) is 0 Å². The van der Waals surface area contributed by atoms with Crippen LogP contribution in [0.15, 0.2) is 66.7 Å². The topological polar surface area (TPSA) is 20.3 Å². The lowest BCUT2D eigenvalue weighted by Gasteiger charge is -2.26. The molecule has 3 heteroatoms. The Morgan fingerprint density at radius 1 is 0.870 bits per heavy atom. The molecule has 0 fully saturated rings. The summed E-state index contributed by atoms with van der Waals surface area (Å²) in [6, 6.07) is 21.9. The summed E-state index contributed by atoms with van der Waals surface area (Å²) in [4.78, 5) is 15.2. The van der Waals surface area contributed by atoms with E-state index in [4.69, 9.17) is 12.2 Å². The highest BCUT2D eigenvalue weighted by Gasteiger charge is 2.36. The van der Waals surface area contributed by atoms with Crippen LogP contribution in [0.25, 0.3) is 10.8 Å². The van der Waals surface area contributed by atoms with Gasteiger partial charge in [-0.15, -0.1) is 0 Å². The van der Waals surface area contributed by atoms with E-state index in [1.807, 2.05) is 49.4 Å². The number of carbonyl (C=O) groups is 1. The van der Waals surface area contributed by atoms with Crippen LogP contribution in [0.5, 0.6) is 0 Å². The molecule has 23 heavy (non-hydrogen) atoms. The number of fused-ring (bicyclic) bond motifs is 2. The zero-order valence-electron chi connectivity index (χ0n) is 12.7. The maximum Gasteiger partial charge on any atom is 0.260 e. The first kappa shape index (κ1) is 14.1. The van der Waals surface area contributed by atoms with Crippen molar-refractivity contribution < 1.29 is 4.79 Å². The maximum atomic E-state index is 12.8. The summed E-state index contributed by atoms with van der Waals surface area (Å²) in [7, 11) is 0. The smallest absolute Gasteiger partial charge is 0.260 e. The van der Waals surface area contributed by atoms with E-state index in [1.165, 1.54) is 5.39 Å². The molecular weight excluding hydrogens is 302 g/mol. The Kier molecular flexibility index (Phi) is 3.24. The van der Waals surface area contributed by atoms with Gasteiger partial charge in [-0.1, -0.05) is 72.9 Å². The third-order valence-electron chi connectivity index (χ3n) is 4.49. The summed E-state index contributed by atoms with van der Waals surface area (Å²) >= 11 is 5.58. The van der Waals surface area contributed by atoms with Crippen LogP contribution in [0.3, 0.4) is 0 Å². The highest BCUT2D eigenvalue weighted by Crippen LogP contribution is 2.34. The zero-order chi connectivity index (χ0) is 16.0. The number of carbonyl (C=O) groups excluding carboxylic acids is 1. The van der Waals surface area contributed by atoms with Crippen LogP contribution in [0, 0.1) is 0 Å². The predicted molar refractivity (Wildman–Crippen MR) is 96.7 cm³/mol. The summed E-state index contributed by atoms with van der Waals surface area (Å²) in [5, 5.41) is 2.33. The van der Waals surface area contributed by atoms with Crippen LogP contribution in [0.2, 0.25) is 0 Å². The maximum absolute atomic E-state index is 12.8. The van der Waals surface area contributed by atoms with Gasteiger partial charge in [0, 0.05) is 5.56 Å². The molecule has 1 amide bonds. The van der Waals surface area contributed by atoms with Gasteiger partial charge in [-0.05, 0) is 29.3 Å². The van der Waals surface area contributed by atoms with E-state index in [0.29, 0.717) is 10.6 Å². The summed E-state index contributed by atoms with van der Waals surface area (Å²) in [5.74, 6) is -0.00830. The molecule has 112 valence electrons. The molecular formula is C20H15NOS. The van der Waals surface area contributed by atoms with Gasteiger partial charge < -0.3 is 0 Å². The third-order valence-corrected chi connectivity index (χ3v) is 4.90. The Bertz CT molecular complexity index is 907. The molecule has 0 saturated carbocycles. The number of nitrogens with zero attached hydrogens (tertiary/aromatic N) is 1. The second kappa shape index (κ2) is 5.28. The summed E-state index contributed by atoms with van der Waals surface area (Å²) in [6.45, 7) is 2.04. The Balaban J connectivity index is 1.82. The molecule has 1 heterocycles. The fourth-order valence-electron chi connectivity index (χ4n) is 3.31. The molecule has 3 aromatic rings. The van der Waals surface area contributed by atoms with Crippen molar-refractivity contribution in [3.05, 3.63) is 83.4 Å². The minimum Gasteiger partial charge on any atom is -0.291 e. The van der Waals surface area contributed by atoms with Gasteiger partial charge in [0.25, 0.3) is 5.91 Å². The number of rotatable bonds is 2. The number of hydrogen-bond acceptors (Lipinski definition) is 2. The SMILES string of the molecule is CC(c1cccc2ccccc12)N1C(=O)c2ccccc2C1=S. The van der Waals surface area contributed by atoms with Crippen LogP contribution in [-0.4, -0.2) is 15.8 Å². The minimum absolute atomic E-state index is 0.00830. The average molecular weight is 317 g/mol. The van der Waals surface area contributed by atoms with Crippen LogP contribution >= 0.6 is 12.2 Å². The minimum atomic E-state index is -0.103. The lowest BCUT2D eigenvalue weighted by atomic mass is 9.99. The van der Waals surface area contributed by atoms with Crippen molar-refractivity contribution >= 4 is 33.9 Å². The number of amides is 1. The molecule has 1 unspecified atom stereocenters. The van der Waals surface area contributed by atoms with Crippen LogP contribution in [-0.2, 0) is 0 Å². The zero-order valence-corrected chi connectivity index (χ0v) is 13.5.